The number of hydrogen-bond acceptors (Lipinski definition) is 4. The summed E-state index contributed by atoms with van der Waals surface area (Å²) in [6.45, 7) is 0. The molecule has 0 atom stereocenters. The van der Waals surface area contributed by atoms with E-state index < -0.39 is 5.97 Å². The fourth-order valence-electron chi connectivity index (χ4n) is 2.18. The third kappa shape index (κ3) is 3.65. The van der Waals surface area contributed by atoms with Crippen molar-refractivity contribution in [2.75, 3.05) is 5.75 Å². The monoisotopic (exact) mass is 367 g/mol. The predicted octanol–water partition coefficient (Wildman–Crippen LogP) is 3.14. The van der Waals surface area contributed by atoms with Crippen molar-refractivity contribution in [2.24, 2.45) is 0 Å². The number of thioether (sulfide) groups is 1. The van der Waals surface area contributed by atoms with E-state index in [1.807, 2.05) is 12.1 Å². The minimum Gasteiger partial charge on any atom is -0.481 e. The first kappa shape index (κ1) is 14.6. The van der Waals surface area contributed by atoms with E-state index in [4.69, 9.17) is 5.11 Å². The number of nitrogens with zero attached hydrogens (tertiary/aromatic N) is 3. The van der Waals surface area contributed by atoms with Crippen molar-refractivity contribution in [3.8, 4) is 0 Å². The predicted molar refractivity (Wildman–Crippen MR) is 83.6 cm³/mol. The van der Waals surface area contributed by atoms with Gasteiger partial charge >= 0.3 is 5.97 Å². The highest BCUT2D eigenvalue weighted by Crippen LogP contribution is 2.39. The maximum atomic E-state index is 10.7. The third-order valence-corrected chi connectivity index (χ3v) is 4.64. The van der Waals surface area contributed by atoms with Crippen molar-refractivity contribution in [3.63, 3.8) is 0 Å². The minimum atomic E-state index is -0.834. The van der Waals surface area contributed by atoms with Gasteiger partial charge < -0.3 is 9.67 Å². The number of aromatic nitrogens is 3. The Kier molecular flexibility index (Phi) is 4.30. The smallest absolute Gasteiger partial charge is 0.313 e. The van der Waals surface area contributed by atoms with Crippen LogP contribution in [-0.4, -0.2) is 31.6 Å². The zero-order chi connectivity index (χ0) is 14.8. The Hall–Kier alpha value is -1.34. The molecule has 0 spiro atoms. The molecule has 1 aliphatic rings. The first-order chi connectivity index (χ1) is 10.1. The van der Waals surface area contributed by atoms with E-state index in [2.05, 4.69) is 42.8 Å². The number of aliphatic carboxylic acids is 1. The van der Waals surface area contributed by atoms with E-state index >= 15 is 0 Å². The Morgan fingerprint density at radius 1 is 1.43 bits per heavy atom. The van der Waals surface area contributed by atoms with Crippen molar-refractivity contribution in [2.45, 2.75) is 30.5 Å². The van der Waals surface area contributed by atoms with Gasteiger partial charge in [0.2, 0.25) is 0 Å². The van der Waals surface area contributed by atoms with Crippen LogP contribution < -0.4 is 0 Å². The van der Waals surface area contributed by atoms with Gasteiger partial charge in [-0.25, -0.2) is 0 Å². The standard InChI is InChI=1S/C14H14BrN3O2S/c15-10-3-1-2-9(6-10)7-12-16-17-14(21-8-13(19)20)18(12)11-4-5-11/h1-3,6,11H,4-5,7-8H2,(H,19,20). The molecule has 5 nitrogen and oxygen atoms in total. The van der Waals surface area contributed by atoms with Crippen LogP contribution in [-0.2, 0) is 11.2 Å². The van der Waals surface area contributed by atoms with E-state index in [0.29, 0.717) is 17.6 Å². The second kappa shape index (κ2) is 6.19. The zero-order valence-corrected chi connectivity index (χ0v) is 13.6. The normalized spacial score (nSPS) is 14.3. The van der Waals surface area contributed by atoms with E-state index in [1.54, 1.807) is 0 Å². The number of hydrogen-bond donors (Lipinski definition) is 1. The highest BCUT2D eigenvalue weighted by Gasteiger charge is 2.29. The molecule has 2 aromatic rings. The van der Waals surface area contributed by atoms with Gasteiger partial charge in [0.05, 0.1) is 5.75 Å². The van der Waals surface area contributed by atoms with Crippen LogP contribution in [0.1, 0.15) is 30.3 Å². The fourth-order valence-corrected chi connectivity index (χ4v) is 3.37. The molecule has 1 aromatic carbocycles. The van der Waals surface area contributed by atoms with E-state index in [-0.39, 0.29) is 5.75 Å². The second-order valence-electron chi connectivity index (χ2n) is 4.99. The SMILES string of the molecule is O=C(O)CSc1nnc(Cc2cccc(Br)c2)n1C1CC1. The molecule has 1 saturated carbocycles. The van der Waals surface area contributed by atoms with Gasteiger partial charge in [-0.2, -0.15) is 0 Å². The topological polar surface area (TPSA) is 68.0 Å². The van der Waals surface area contributed by atoms with Gasteiger partial charge in [-0.3, -0.25) is 4.79 Å². The second-order valence-corrected chi connectivity index (χ2v) is 6.85. The molecule has 0 radical (unpaired) electrons. The van der Waals surface area contributed by atoms with Gasteiger partial charge in [0.25, 0.3) is 0 Å². The molecule has 1 fully saturated rings. The van der Waals surface area contributed by atoms with Crippen molar-refractivity contribution >= 4 is 33.7 Å². The summed E-state index contributed by atoms with van der Waals surface area (Å²) in [6.07, 6.45) is 2.94. The number of rotatable bonds is 6. The quantitative estimate of drug-likeness (QED) is 0.794. The molecule has 7 heteroatoms. The van der Waals surface area contributed by atoms with Gasteiger partial charge in [-0.15, -0.1) is 10.2 Å². The minimum absolute atomic E-state index is 0.0156. The number of carboxylic acids is 1. The lowest BCUT2D eigenvalue weighted by Gasteiger charge is -2.08. The molecule has 1 N–H and O–H groups in total. The maximum Gasteiger partial charge on any atom is 0.313 e. The van der Waals surface area contributed by atoms with E-state index in [0.717, 1.165) is 28.7 Å². The molecule has 1 heterocycles. The number of carboxylic acid groups (broad SMARTS) is 1. The molecule has 1 aromatic heterocycles. The van der Waals surface area contributed by atoms with Crippen molar-refractivity contribution in [1.29, 1.82) is 0 Å². The average Bonchev–Trinajstić information content (AvgIpc) is 3.19. The summed E-state index contributed by atoms with van der Waals surface area (Å²) in [4.78, 5) is 10.7. The Labute approximate surface area is 134 Å². The molecule has 0 saturated heterocycles. The van der Waals surface area contributed by atoms with Crippen molar-refractivity contribution in [1.82, 2.24) is 14.8 Å². The summed E-state index contributed by atoms with van der Waals surface area (Å²) < 4.78 is 3.15. The van der Waals surface area contributed by atoms with Gasteiger partial charge in [0.1, 0.15) is 5.82 Å². The van der Waals surface area contributed by atoms with Crippen molar-refractivity contribution < 1.29 is 9.90 Å². The lowest BCUT2D eigenvalue weighted by atomic mass is 10.1. The summed E-state index contributed by atoms with van der Waals surface area (Å²) in [6, 6.07) is 8.54. The largest absolute Gasteiger partial charge is 0.481 e. The van der Waals surface area contributed by atoms with Gasteiger partial charge in [0.15, 0.2) is 5.16 Å². The van der Waals surface area contributed by atoms with Crippen LogP contribution in [0.4, 0.5) is 0 Å². The third-order valence-electron chi connectivity index (χ3n) is 3.22. The van der Waals surface area contributed by atoms with Crippen molar-refractivity contribution in [3.05, 3.63) is 40.1 Å². The van der Waals surface area contributed by atoms with Gasteiger partial charge in [0, 0.05) is 16.9 Å². The van der Waals surface area contributed by atoms with Crippen LogP contribution in [0.15, 0.2) is 33.9 Å². The molecular formula is C14H14BrN3O2S. The Morgan fingerprint density at radius 2 is 2.24 bits per heavy atom. The Balaban J connectivity index is 1.83. The molecule has 0 aliphatic heterocycles. The van der Waals surface area contributed by atoms with Crippen LogP contribution in [0, 0.1) is 0 Å². The Bertz CT molecular complexity index is 670. The summed E-state index contributed by atoms with van der Waals surface area (Å²) in [5, 5.41) is 18.0. The van der Waals surface area contributed by atoms with Crippen LogP contribution >= 0.6 is 27.7 Å². The van der Waals surface area contributed by atoms with Crippen LogP contribution in [0.3, 0.4) is 0 Å². The molecule has 3 rings (SSSR count). The molecular weight excluding hydrogens is 354 g/mol. The summed E-state index contributed by atoms with van der Waals surface area (Å²) in [5.41, 5.74) is 1.16. The summed E-state index contributed by atoms with van der Waals surface area (Å²) in [7, 11) is 0. The van der Waals surface area contributed by atoms with Gasteiger partial charge in [-0.1, -0.05) is 39.8 Å². The molecule has 0 amide bonds. The molecule has 110 valence electrons. The van der Waals surface area contributed by atoms with E-state index in [1.165, 1.54) is 11.8 Å². The molecule has 0 unspecified atom stereocenters. The first-order valence-corrected chi connectivity index (χ1v) is 8.44. The van der Waals surface area contributed by atoms with E-state index in [9.17, 15) is 4.79 Å². The lowest BCUT2D eigenvalue weighted by molar-refractivity contribution is -0.133. The van der Waals surface area contributed by atoms with Crippen LogP contribution in [0.5, 0.6) is 0 Å². The highest BCUT2D eigenvalue weighted by atomic mass is 79.9. The molecule has 21 heavy (non-hydrogen) atoms. The highest BCUT2D eigenvalue weighted by molar-refractivity contribution is 9.10. The maximum absolute atomic E-state index is 10.7. The first-order valence-electron chi connectivity index (χ1n) is 6.66. The van der Waals surface area contributed by atoms with Crippen LogP contribution in [0.2, 0.25) is 0 Å². The molecule has 0 bridgehead atoms. The average molecular weight is 368 g/mol. The zero-order valence-electron chi connectivity index (χ0n) is 11.2. The number of carbonyl (C=O) groups is 1. The molecule has 1 aliphatic carbocycles. The van der Waals surface area contributed by atoms with Crippen LogP contribution in [0.25, 0.3) is 0 Å². The lowest BCUT2D eigenvalue weighted by Crippen LogP contribution is -2.06. The fraction of sp³-hybridized carbons (Fsp3) is 0.357. The number of benzene rings is 1. The number of halogens is 1. The summed E-state index contributed by atoms with van der Waals surface area (Å²) >= 11 is 4.71. The van der Waals surface area contributed by atoms with Gasteiger partial charge in [-0.05, 0) is 30.5 Å². The summed E-state index contributed by atoms with van der Waals surface area (Å²) in [5.74, 6) is 0.0873. The Morgan fingerprint density at radius 3 is 2.90 bits per heavy atom.